The lowest BCUT2D eigenvalue weighted by atomic mass is 9.95. The molecule has 3 aromatic carbocycles. The Labute approximate surface area is 265 Å². The summed E-state index contributed by atoms with van der Waals surface area (Å²) < 4.78 is 29.4. The van der Waals surface area contributed by atoms with E-state index in [-0.39, 0.29) is 23.4 Å². The van der Waals surface area contributed by atoms with Crippen molar-refractivity contribution in [2.45, 2.75) is 82.8 Å². The van der Waals surface area contributed by atoms with Crippen LogP contribution in [0.1, 0.15) is 62.6 Å². The van der Waals surface area contributed by atoms with E-state index in [1.54, 1.807) is 61.5 Å². The van der Waals surface area contributed by atoms with Gasteiger partial charge in [0, 0.05) is 22.6 Å². The zero-order chi connectivity index (χ0) is 31.1. The first-order valence-corrected chi connectivity index (χ1v) is 16.9. The van der Waals surface area contributed by atoms with Crippen LogP contribution in [0.2, 0.25) is 10.0 Å². The monoisotopic (exact) mass is 643 g/mol. The van der Waals surface area contributed by atoms with E-state index in [2.05, 4.69) is 5.32 Å². The fraction of sp³-hybridized carbons (Fsp3) is 0.394. The van der Waals surface area contributed by atoms with Gasteiger partial charge in [-0.2, -0.15) is 0 Å². The van der Waals surface area contributed by atoms with Crippen LogP contribution < -0.4 is 9.62 Å². The second kappa shape index (κ2) is 14.6. The van der Waals surface area contributed by atoms with E-state index in [1.807, 2.05) is 26.0 Å². The Kier molecular flexibility index (Phi) is 11.2. The second-order valence-electron chi connectivity index (χ2n) is 11.1. The summed E-state index contributed by atoms with van der Waals surface area (Å²) in [5.74, 6) is -0.814. The van der Waals surface area contributed by atoms with Crippen molar-refractivity contribution in [1.82, 2.24) is 10.2 Å². The highest BCUT2D eigenvalue weighted by atomic mass is 35.5. The molecule has 1 atom stereocenters. The largest absolute Gasteiger partial charge is 0.352 e. The predicted octanol–water partition coefficient (Wildman–Crippen LogP) is 6.93. The molecule has 1 saturated carbocycles. The number of amides is 2. The smallest absolute Gasteiger partial charge is 0.264 e. The van der Waals surface area contributed by atoms with Gasteiger partial charge >= 0.3 is 0 Å². The van der Waals surface area contributed by atoms with E-state index in [9.17, 15) is 18.0 Å². The number of hydrogen-bond donors (Lipinski definition) is 1. The van der Waals surface area contributed by atoms with Crippen molar-refractivity contribution in [2.75, 3.05) is 10.8 Å². The number of nitrogens with zero attached hydrogens (tertiary/aromatic N) is 2. The Bertz CT molecular complexity index is 1540. The molecule has 4 rings (SSSR count). The number of anilines is 1. The maximum atomic E-state index is 14.3. The van der Waals surface area contributed by atoms with Gasteiger partial charge in [0.15, 0.2) is 0 Å². The summed E-state index contributed by atoms with van der Waals surface area (Å²) >= 11 is 12.6. The Morgan fingerprint density at radius 1 is 0.953 bits per heavy atom. The molecule has 1 unspecified atom stereocenters. The third-order valence-electron chi connectivity index (χ3n) is 8.00. The number of halogens is 2. The van der Waals surface area contributed by atoms with Crippen molar-refractivity contribution < 1.29 is 18.0 Å². The van der Waals surface area contributed by atoms with E-state index >= 15 is 0 Å². The highest BCUT2D eigenvalue weighted by molar-refractivity contribution is 7.92. The van der Waals surface area contributed by atoms with Crippen LogP contribution in [-0.4, -0.2) is 43.8 Å². The number of para-hydroxylation sites is 1. The minimum atomic E-state index is -4.15. The van der Waals surface area contributed by atoms with Crippen LogP contribution >= 0.6 is 23.2 Å². The fourth-order valence-electron chi connectivity index (χ4n) is 5.39. The molecule has 0 heterocycles. The molecule has 0 saturated heterocycles. The molecule has 1 N–H and O–H groups in total. The second-order valence-corrected chi connectivity index (χ2v) is 13.8. The van der Waals surface area contributed by atoms with E-state index in [4.69, 9.17) is 23.2 Å². The molecule has 3 aromatic rings. The molecule has 0 aromatic heterocycles. The van der Waals surface area contributed by atoms with Crippen molar-refractivity contribution in [2.24, 2.45) is 0 Å². The predicted molar refractivity (Wildman–Crippen MR) is 173 cm³/mol. The number of benzene rings is 3. The van der Waals surface area contributed by atoms with Crippen molar-refractivity contribution >= 4 is 50.7 Å². The zero-order valence-corrected chi connectivity index (χ0v) is 27.2. The quantitative estimate of drug-likeness (QED) is 0.246. The molecular weight excluding hydrogens is 605 g/mol. The Hall–Kier alpha value is -3.07. The molecule has 0 bridgehead atoms. The maximum Gasteiger partial charge on any atom is 0.264 e. The van der Waals surface area contributed by atoms with Crippen molar-refractivity contribution in [3.63, 3.8) is 0 Å². The zero-order valence-electron chi connectivity index (χ0n) is 24.9. The number of carbonyl (C=O) groups is 2. The van der Waals surface area contributed by atoms with Crippen molar-refractivity contribution in [3.8, 4) is 0 Å². The van der Waals surface area contributed by atoms with E-state index in [0.29, 0.717) is 27.7 Å². The number of rotatable bonds is 11. The standard InChI is InChI=1S/C33H39Cl2N3O4S/c1-4-25-10-8-9-13-31(25)38(43(41,42)29-18-14-23(2)15-19-29)22-32(39)37(21-26-16-17-27(34)20-30(26)35)24(3)33(40)36-28-11-6-5-7-12-28/h8-10,13-20,24,28H,4-7,11-12,21-22H2,1-3H3,(H,36,40). The first-order valence-electron chi connectivity index (χ1n) is 14.7. The highest BCUT2D eigenvalue weighted by Gasteiger charge is 2.34. The number of sulfonamides is 1. The molecule has 0 spiro atoms. The van der Waals surface area contributed by atoms with Crippen molar-refractivity contribution in [1.29, 1.82) is 0 Å². The van der Waals surface area contributed by atoms with Gasteiger partial charge in [-0.25, -0.2) is 8.42 Å². The summed E-state index contributed by atoms with van der Waals surface area (Å²) in [6.07, 6.45) is 5.59. The first kappa shape index (κ1) is 32.8. The minimum Gasteiger partial charge on any atom is -0.352 e. The molecule has 0 aliphatic heterocycles. The number of hydrogen-bond acceptors (Lipinski definition) is 4. The topological polar surface area (TPSA) is 86.8 Å². The van der Waals surface area contributed by atoms with Gasteiger partial charge in [0.25, 0.3) is 10.0 Å². The number of nitrogens with one attached hydrogen (secondary N) is 1. The summed E-state index contributed by atoms with van der Waals surface area (Å²) in [5, 5.41) is 3.91. The molecule has 0 radical (unpaired) electrons. The van der Waals surface area contributed by atoms with Gasteiger partial charge in [0.1, 0.15) is 12.6 Å². The summed E-state index contributed by atoms with van der Waals surface area (Å²) in [6.45, 7) is 4.98. The van der Waals surface area contributed by atoms with Gasteiger partial charge in [0.05, 0.1) is 10.6 Å². The SMILES string of the molecule is CCc1ccccc1N(CC(=O)N(Cc1ccc(Cl)cc1Cl)C(C)C(=O)NC1CCCCC1)S(=O)(=O)c1ccc(C)cc1. The number of carbonyl (C=O) groups excluding carboxylic acids is 2. The fourth-order valence-corrected chi connectivity index (χ4v) is 7.31. The van der Waals surface area contributed by atoms with E-state index < -0.39 is 28.5 Å². The van der Waals surface area contributed by atoms with Crippen LogP contribution in [0.25, 0.3) is 0 Å². The highest BCUT2D eigenvalue weighted by Crippen LogP contribution is 2.29. The van der Waals surface area contributed by atoms with Gasteiger partial charge in [-0.1, -0.05) is 91.3 Å². The third kappa shape index (κ3) is 8.11. The lowest BCUT2D eigenvalue weighted by Crippen LogP contribution is -2.53. The van der Waals surface area contributed by atoms with E-state index in [0.717, 1.165) is 47.5 Å². The van der Waals surface area contributed by atoms with Crippen LogP contribution in [0, 0.1) is 6.92 Å². The molecule has 1 fully saturated rings. The van der Waals surface area contributed by atoms with Gasteiger partial charge in [0.2, 0.25) is 11.8 Å². The Morgan fingerprint density at radius 3 is 2.28 bits per heavy atom. The number of aryl methyl sites for hydroxylation is 2. The Morgan fingerprint density at radius 2 is 1.63 bits per heavy atom. The summed E-state index contributed by atoms with van der Waals surface area (Å²) in [7, 11) is -4.15. The minimum absolute atomic E-state index is 0.00192. The summed E-state index contributed by atoms with van der Waals surface area (Å²) in [6, 6.07) is 17.8. The molecule has 10 heteroatoms. The first-order chi connectivity index (χ1) is 20.5. The lowest BCUT2D eigenvalue weighted by molar-refractivity contribution is -0.139. The molecular formula is C33H39Cl2N3O4S. The average Bonchev–Trinajstić information content (AvgIpc) is 2.99. The summed E-state index contributed by atoms with van der Waals surface area (Å²) in [4.78, 5) is 29.2. The molecule has 43 heavy (non-hydrogen) atoms. The molecule has 1 aliphatic rings. The van der Waals surface area contributed by atoms with Crippen LogP contribution in [-0.2, 0) is 32.6 Å². The van der Waals surface area contributed by atoms with Crippen LogP contribution in [0.5, 0.6) is 0 Å². The molecule has 7 nitrogen and oxygen atoms in total. The van der Waals surface area contributed by atoms with E-state index in [1.165, 1.54) is 4.90 Å². The van der Waals surface area contributed by atoms with Gasteiger partial charge in [-0.15, -0.1) is 0 Å². The van der Waals surface area contributed by atoms with Gasteiger partial charge in [-0.3, -0.25) is 13.9 Å². The third-order valence-corrected chi connectivity index (χ3v) is 10.4. The maximum absolute atomic E-state index is 14.3. The molecule has 1 aliphatic carbocycles. The average molecular weight is 645 g/mol. The molecule has 2 amide bonds. The molecule has 230 valence electrons. The van der Waals surface area contributed by atoms with Crippen LogP contribution in [0.3, 0.4) is 0 Å². The van der Waals surface area contributed by atoms with Crippen LogP contribution in [0.4, 0.5) is 5.69 Å². The van der Waals surface area contributed by atoms with Crippen LogP contribution in [0.15, 0.2) is 71.6 Å². The van der Waals surface area contributed by atoms with Crippen molar-refractivity contribution in [3.05, 3.63) is 93.5 Å². The Balaban J connectivity index is 1.72. The van der Waals surface area contributed by atoms with Gasteiger partial charge < -0.3 is 10.2 Å². The van der Waals surface area contributed by atoms with Gasteiger partial charge in [-0.05, 0) is 74.6 Å². The normalized spacial score (nSPS) is 14.6. The lowest BCUT2D eigenvalue weighted by Gasteiger charge is -2.34. The summed E-state index contributed by atoms with van der Waals surface area (Å²) in [5.41, 5.74) is 2.71.